The normalized spacial score (nSPS) is 30.9. The molecule has 5 nitrogen and oxygen atoms in total. The molecule has 2 aliphatic heterocycles. The SMILES string of the molecule is O=C1CC2CCCCC2=NN1CCOC1CCCCO1. The monoisotopic (exact) mass is 280 g/mol. The highest BCUT2D eigenvalue weighted by molar-refractivity contribution is 5.94. The Bertz CT molecular complexity index is 377. The van der Waals surface area contributed by atoms with Crippen molar-refractivity contribution in [2.45, 2.75) is 57.7 Å². The second-order valence-electron chi connectivity index (χ2n) is 5.92. The van der Waals surface area contributed by atoms with Crippen LogP contribution in [0.25, 0.3) is 0 Å². The number of hydrogen-bond acceptors (Lipinski definition) is 4. The van der Waals surface area contributed by atoms with E-state index in [1.807, 2.05) is 0 Å². The van der Waals surface area contributed by atoms with Crippen LogP contribution in [0.5, 0.6) is 0 Å². The summed E-state index contributed by atoms with van der Waals surface area (Å²) in [5, 5.41) is 6.16. The standard InChI is InChI=1S/C15H24N2O3/c18-14-11-12-5-1-2-6-13(12)16-17(14)8-10-20-15-7-3-4-9-19-15/h12,15H,1-11H2. The zero-order valence-electron chi connectivity index (χ0n) is 12.1. The molecule has 2 atom stereocenters. The molecule has 1 saturated heterocycles. The van der Waals surface area contributed by atoms with E-state index < -0.39 is 0 Å². The molecule has 0 aromatic heterocycles. The van der Waals surface area contributed by atoms with Crippen LogP contribution in [0, 0.1) is 5.92 Å². The Hall–Kier alpha value is -0.940. The maximum absolute atomic E-state index is 12.1. The van der Waals surface area contributed by atoms with Crippen LogP contribution < -0.4 is 0 Å². The van der Waals surface area contributed by atoms with Crippen molar-refractivity contribution in [3.05, 3.63) is 0 Å². The van der Waals surface area contributed by atoms with E-state index in [2.05, 4.69) is 5.10 Å². The fourth-order valence-electron chi connectivity index (χ4n) is 3.23. The summed E-state index contributed by atoms with van der Waals surface area (Å²) in [4.78, 5) is 12.1. The van der Waals surface area contributed by atoms with Crippen LogP contribution in [0.4, 0.5) is 0 Å². The third-order valence-electron chi connectivity index (χ3n) is 4.41. The summed E-state index contributed by atoms with van der Waals surface area (Å²) >= 11 is 0. The lowest BCUT2D eigenvalue weighted by atomic mass is 9.84. The fourth-order valence-corrected chi connectivity index (χ4v) is 3.23. The number of hydrogen-bond donors (Lipinski definition) is 0. The van der Waals surface area contributed by atoms with Gasteiger partial charge in [0.1, 0.15) is 0 Å². The topological polar surface area (TPSA) is 51.1 Å². The summed E-state index contributed by atoms with van der Waals surface area (Å²) in [6.45, 7) is 1.85. The molecule has 0 aromatic rings. The third-order valence-corrected chi connectivity index (χ3v) is 4.41. The van der Waals surface area contributed by atoms with Crippen LogP contribution in [-0.4, -0.2) is 42.7 Å². The van der Waals surface area contributed by atoms with E-state index in [1.165, 1.54) is 18.6 Å². The summed E-state index contributed by atoms with van der Waals surface area (Å²) in [5.74, 6) is 0.559. The molecule has 0 radical (unpaired) electrons. The first kappa shape index (κ1) is 14.0. The van der Waals surface area contributed by atoms with E-state index in [0.29, 0.717) is 25.5 Å². The number of nitrogens with zero attached hydrogens (tertiary/aromatic N) is 2. The number of carbonyl (C=O) groups excluding carboxylic acids is 1. The fraction of sp³-hybridized carbons (Fsp3) is 0.867. The number of hydrazone groups is 1. The maximum Gasteiger partial charge on any atom is 0.243 e. The number of amides is 1. The number of rotatable bonds is 4. The molecule has 0 aromatic carbocycles. The Labute approximate surface area is 120 Å². The number of fused-ring (bicyclic) bond motifs is 1. The van der Waals surface area contributed by atoms with E-state index in [1.54, 1.807) is 5.01 Å². The number of ether oxygens (including phenoxy) is 2. The molecule has 20 heavy (non-hydrogen) atoms. The molecule has 2 unspecified atom stereocenters. The van der Waals surface area contributed by atoms with E-state index in [-0.39, 0.29) is 12.2 Å². The molecule has 3 aliphatic rings. The number of carbonyl (C=O) groups is 1. The van der Waals surface area contributed by atoms with Crippen LogP contribution in [0.3, 0.4) is 0 Å². The molecule has 5 heteroatoms. The minimum Gasteiger partial charge on any atom is -0.353 e. The summed E-state index contributed by atoms with van der Waals surface area (Å²) in [5.41, 5.74) is 1.23. The van der Waals surface area contributed by atoms with Gasteiger partial charge in [0.2, 0.25) is 5.91 Å². The summed E-state index contributed by atoms with van der Waals surface area (Å²) in [6.07, 6.45) is 8.44. The van der Waals surface area contributed by atoms with Crippen LogP contribution in [0.2, 0.25) is 0 Å². The van der Waals surface area contributed by atoms with Crippen molar-refractivity contribution >= 4 is 11.6 Å². The van der Waals surface area contributed by atoms with Gasteiger partial charge in [-0.3, -0.25) is 4.79 Å². The predicted octanol–water partition coefficient (Wildman–Crippen LogP) is 2.31. The van der Waals surface area contributed by atoms with Crippen molar-refractivity contribution in [1.29, 1.82) is 0 Å². The zero-order valence-corrected chi connectivity index (χ0v) is 12.1. The molecule has 112 valence electrons. The van der Waals surface area contributed by atoms with Gasteiger partial charge in [0, 0.05) is 24.7 Å². The van der Waals surface area contributed by atoms with Gasteiger partial charge in [-0.05, 0) is 38.5 Å². The van der Waals surface area contributed by atoms with E-state index >= 15 is 0 Å². The molecular formula is C15H24N2O3. The molecule has 1 aliphatic carbocycles. The lowest BCUT2D eigenvalue weighted by Crippen LogP contribution is -2.40. The second kappa shape index (κ2) is 6.68. The Kier molecular flexibility index (Phi) is 4.68. The largest absolute Gasteiger partial charge is 0.353 e. The molecular weight excluding hydrogens is 256 g/mol. The smallest absolute Gasteiger partial charge is 0.243 e. The van der Waals surface area contributed by atoms with Gasteiger partial charge in [-0.1, -0.05) is 6.42 Å². The first-order valence-electron chi connectivity index (χ1n) is 7.94. The van der Waals surface area contributed by atoms with Gasteiger partial charge >= 0.3 is 0 Å². The minimum atomic E-state index is -0.0845. The van der Waals surface area contributed by atoms with Crippen molar-refractivity contribution in [3.8, 4) is 0 Å². The Balaban J connectivity index is 1.47. The van der Waals surface area contributed by atoms with Crippen LogP contribution in [-0.2, 0) is 14.3 Å². The van der Waals surface area contributed by atoms with Gasteiger partial charge in [-0.2, -0.15) is 5.10 Å². The maximum atomic E-state index is 12.1. The van der Waals surface area contributed by atoms with E-state index in [4.69, 9.17) is 9.47 Å². The zero-order chi connectivity index (χ0) is 13.8. The third kappa shape index (κ3) is 3.38. The summed E-state index contributed by atoms with van der Waals surface area (Å²) in [7, 11) is 0. The Morgan fingerprint density at radius 2 is 2.15 bits per heavy atom. The van der Waals surface area contributed by atoms with Gasteiger partial charge < -0.3 is 9.47 Å². The average molecular weight is 280 g/mol. The molecule has 2 heterocycles. The van der Waals surface area contributed by atoms with Gasteiger partial charge in [0.15, 0.2) is 6.29 Å². The molecule has 0 spiro atoms. The van der Waals surface area contributed by atoms with Crippen molar-refractivity contribution in [1.82, 2.24) is 5.01 Å². The second-order valence-corrected chi connectivity index (χ2v) is 5.92. The highest BCUT2D eigenvalue weighted by Gasteiger charge is 2.30. The first-order chi connectivity index (χ1) is 9.83. The Morgan fingerprint density at radius 3 is 3.00 bits per heavy atom. The molecule has 3 rings (SSSR count). The van der Waals surface area contributed by atoms with Crippen LogP contribution in [0.15, 0.2) is 5.10 Å². The lowest BCUT2D eigenvalue weighted by Gasteiger charge is -2.32. The summed E-state index contributed by atoms with van der Waals surface area (Å²) in [6, 6.07) is 0. The van der Waals surface area contributed by atoms with Crippen molar-refractivity contribution in [3.63, 3.8) is 0 Å². The van der Waals surface area contributed by atoms with E-state index in [0.717, 1.165) is 38.7 Å². The molecule has 0 bridgehead atoms. The van der Waals surface area contributed by atoms with Gasteiger partial charge in [0.05, 0.1) is 13.2 Å². The van der Waals surface area contributed by atoms with Crippen molar-refractivity contribution in [2.75, 3.05) is 19.8 Å². The highest BCUT2D eigenvalue weighted by Crippen LogP contribution is 2.28. The first-order valence-corrected chi connectivity index (χ1v) is 7.94. The van der Waals surface area contributed by atoms with Crippen molar-refractivity contribution < 1.29 is 14.3 Å². The lowest BCUT2D eigenvalue weighted by molar-refractivity contribution is -0.166. The van der Waals surface area contributed by atoms with Gasteiger partial charge in [0.25, 0.3) is 0 Å². The van der Waals surface area contributed by atoms with Gasteiger partial charge in [-0.25, -0.2) is 5.01 Å². The molecule has 1 saturated carbocycles. The molecule has 0 N–H and O–H groups in total. The Morgan fingerprint density at radius 1 is 1.25 bits per heavy atom. The predicted molar refractivity (Wildman–Crippen MR) is 75.3 cm³/mol. The van der Waals surface area contributed by atoms with Crippen molar-refractivity contribution in [2.24, 2.45) is 11.0 Å². The quantitative estimate of drug-likeness (QED) is 0.794. The van der Waals surface area contributed by atoms with E-state index in [9.17, 15) is 4.79 Å². The highest BCUT2D eigenvalue weighted by atomic mass is 16.7. The molecule has 2 fully saturated rings. The average Bonchev–Trinajstić information content (AvgIpc) is 2.49. The van der Waals surface area contributed by atoms with Crippen LogP contribution >= 0.6 is 0 Å². The van der Waals surface area contributed by atoms with Gasteiger partial charge in [-0.15, -0.1) is 0 Å². The molecule has 1 amide bonds. The minimum absolute atomic E-state index is 0.0845. The van der Waals surface area contributed by atoms with Crippen LogP contribution in [0.1, 0.15) is 51.4 Å². The summed E-state index contributed by atoms with van der Waals surface area (Å²) < 4.78 is 11.2.